The molecule has 2 aliphatic heterocycles. The lowest BCUT2D eigenvalue weighted by Crippen LogP contribution is -2.44. The van der Waals surface area contributed by atoms with Crippen LogP contribution in [0, 0.1) is 6.92 Å². The summed E-state index contributed by atoms with van der Waals surface area (Å²) in [5.41, 5.74) is 4.06. The van der Waals surface area contributed by atoms with E-state index in [0.717, 1.165) is 60.9 Å². The molecule has 0 radical (unpaired) electrons. The Morgan fingerprint density at radius 2 is 1.82 bits per heavy atom. The van der Waals surface area contributed by atoms with Gasteiger partial charge in [-0.15, -0.1) is 0 Å². The van der Waals surface area contributed by atoms with E-state index in [2.05, 4.69) is 30.6 Å². The van der Waals surface area contributed by atoms with E-state index in [0.29, 0.717) is 17.8 Å². The number of carbonyl (C=O) groups is 1. The number of hydrogen-bond donors (Lipinski definition) is 3. The summed E-state index contributed by atoms with van der Waals surface area (Å²) in [7, 11) is -0.170. The van der Waals surface area contributed by atoms with Gasteiger partial charge in [-0.1, -0.05) is 32.1 Å². The van der Waals surface area contributed by atoms with E-state index in [4.69, 9.17) is 9.72 Å². The Morgan fingerprint density at radius 3 is 2.48 bits per heavy atom. The van der Waals surface area contributed by atoms with Crippen LogP contribution in [0.15, 0.2) is 46.9 Å². The van der Waals surface area contributed by atoms with Gasteiger partial charge in [-0.3, -0.25) is 9.52 Å². The minimum Gasteiger partial charge on any atom is -0.492 e. The van der Waals surface area contributed by atoms with Gasteiger partial charge in [-0.05, 0) is 47.7 Å². The zero-order chi connectivity index (χ0) is 31.8. The number of aromatic nitrogens is 2. The highest BCUT2D eigenvalue weighted by Crippen LogP contribution is 2.39. The summed E-state index contributed by atoms with van der Waals surface area (Å²) < 4.78 is 34.3. The van der Waals surface area contributed by atoms with Crippen molar-refractivity contribution in [2.45, 2.75) is 39.2 Å². The van der Waals surface area contributed by atoms with E-state index in [-0.39, 0.29) is 28.8 Å². The summed E-state index contributed by atoms with van der Waals surface area (Å²) in [6.07, 6.45) is 3.08. The van der Waals surface area contributed by atoms with Crippen LogP contribution < -0.4 is 30.0 Å². The minimum atomic E-state index is -3.60. The zero-order valence-corrected chi connectivity index (χ0v) is 27.1. The minimum absolute atomic E-state index is 0.218. The number of carbonyl (C=O) groups excluding carboxylic acids is 1. The highest BCUT2D eigenvalue weighted by atomic mass is 32.2. The molecule has 1 unspecified atom stereocenters. The normalized spacial score (nSPS) is 17.2. The number of methoxy groups -OCH3 is 1. The Hall–Kier alpha value is -4.17. The predicted molar refractivity (Wildman–Crippen MR) is 173 cm³/mol. The molecule has 2 aromatic carbocycles. The first-order chi connectivity index (χ1) is 20.7. The number of anilines is 4. The van der Waals surface area contributed by atoms with Gasteiger partial charge in [0.25, 0.3) is 5.91 Å². The third-order valence-corrected chi connectivity index (χ3v) is 8.30. The molecule has 0 bridgehead atoms. The fourth-order valence-corrected chi connectivity index (χ4v) is 5.88. The lowest BCUT2D eigenvalue weighted by molar-refractivity contribution is 0.102. The fraction of sp³-hybridized carbons (Fsp3) is 0.467. The zero-order valence-electron chi connectivity index (χ0n) is 26.3. The molecule has 1 aromatic heterocycles. The van der Waals surface area contributed by atoms with E-state index in [1.165, 1.54) is 7.11 Å². The molecule has 44 heavy (non-hydrogen) atoms. The Morgan fingerprint density at radius 1 is 1.11 bits per heavy atom. The van der Waals surface area contributed by atoms with E-state index < -0.39 is 10.0 Å². The van der Waals surface area contributed by atoms with Crippen molar-refractivity contribution >= 4 is 38.9 Å². The molecule has 236 valence electrons. The van der Waals surface area contributed by atoms with E-state index in [1.54, 1.807) is 29.3 Å². The Labute approximate surface area is 258 Å². The number of piperazine rings is 1. The second kappa shape index (κ2) is 12.1. The lowest BCUT2D eigenvalue weighted by atomic mass is 9.86. The SMILES string of the molecule is COc1c(NC(=O)c2ccc(C)c(N3CC(c4cn(C)c(N5CCNCC5)n4)N=N3)c2)cc(C(C)(C)C)cc1NS(C)(=O)=O. The van der Waals surface area contributed by atoms with E-state index in [9.17, 15) is 13.2 Å². The molecule has 3 aromatic rings. The molecule has 1 saturated heterocycles. The van der Waals surface area contributed by atoms with Gasteiger partial charge < -0.3 is 24.8 Å². The molecule has 1 fully saturated rings. The van der Waals surface area contributed by atoms with Crippen LogP contribution in [0.1, 0.15) is 54.0 Å². The lowest BCUT2D eigenvalue weighted by Gasteiger charge is -2.28. The number of benzene rings is 2. The largest absolute Gasteiger partial charge is 0.492 e. The quantitative estimate of drug-likeness (QED) is 0.342. The number of rotatable bonds is 8. The monoisotopic (exact) mass is 623 g/mol. The van der Waals surface area contributed by atoms with Gasteiger partial charge in [-0.25, -0.2) is 18.4 Å². The van der Waals surface area contributed by atoms with Gasteiger partial charge in [0.2, 0.25) is 16.0 Å². The number of nitrogens with one attached hydrogen (secondary N) is 3. The average Bonchev–Trinajstić information content (AvgIpc) is 3.59. The first-order valence-corrected chi connectivity index (χ1v) is 16.4. The summed E-state index contributed by atoms with van der Waals surface area (Å²) in [4.78, 5) is 20.8. The first-order valence-electron chi connectivity index (χ1n) is 14.5. The molecule has 1 amide bonds. The van der Waals surface area contributed by atoms with Crippen LogP contribution in [0.25, 0.3) is 0 Å². The molecule has 2 aliphatic rings. The molecule has 1 atom stereocenters. The number of ether oxygens (including phenoxy) is 1. The van der Waals surface area contributed by atoms with Gasteiger partial charge in [0.15, 0.2) is 5.75 Å². The van der Waals surface area contributed by atoms with E-state index in [1.807, 2.05) is 51.6 Å². The number of hydrogen-bond acceptors (Lipinski definition) is 10. The molecule has 0 spiro atoms. The molecule has 14 heteroatoms. The van der Waals surface area contributed by atoms with Crippen molar-refractivity contribution in [1.82, 2.24) is 14.9 Å². The molecule has 3 heterocycles. The number of imidazole rings is 1. The average molecular weight is 624 g/mol. The van der Waals surface area contributed by atoms with E-state index >= 15 is 0 Å². The molecule has 0 aliphatic carbocycles. The Bertz CT molecular complexity index is 1690. The second-order valence-corrected chi connectivity index (χ2v) is 14.0. The maximum atomic E-state index is 13.6. The molecule has 3 N–H and O–H groups in total. The van der Waals surface area contributed by atoms with Crippen molar-refractivity contribution in [2.24, 2.45) is 17.4 Å². The van der Waals surface area contributed by atoms with Crippen LogP contribution in [0.3, 0.4) is 0 Å². The molecule has 13 nitrogen and oxygen atoms in total. The van der Waals surface area contributed by atoms with Crippen LogP contribution in [0.5, 0.6) is 5.75 Å². The van der Waals surface area contributed by atoms with Crippen molar-refractivity contribution < 1.29 is 17.9 Å². The van der Waals surface area contributed by atoms with Gasteiger partial charge in [0, 0.05) is 45.0 Å². The van der Waals surface area contributed by atoms with Gasteiger partial charge >= 0.3 is 0 Å². The topological polar surface area (TPSA) is 146 Å². The molecule has 0 saturated carbocycles. The number of sulfonamides is 1. The van der Waals surface area contributed by atoms with Crippen molar-refractivity contribution in [2.75, 3.05) is 66.0 Å². The van der Waals surface area contributed by atoms with Crippen molar-refractivity contribution in [3.63, 3.8) is 0 Å². The molecule has 5 rings (SSSR count). The maximum absolute atomic E-state index is 13.6. The van der Waals surface area contributed by atoms with Gasteiger partial charge in [-0.2, -0.15) is 5.11 Å². The van der Waals surface area contributed by atoms with Crippen molar-refractivity contribution in [1.29, 1.82) is 0 Å². The highest BCUT2D eigenvalue weighted by molar-refractivity contribution is 7.92. The first kappa shape index (κ1) is 31.3. The maximum Gasteiger partial charge on any atom is 0.255 e. The molecular weight excluding hydrogens is 582 g/mol. The van der Waals surface area contributed by atoms with Crippen LogP contribution in [-0.4, -0.2) is 70.0 Å². The summed E-state index contributed by atoms with van der Waals surface area (Å²) in [5, 5.41) is 17.1. The third-order valence-electron chi connectivity index (χ3n) is 7.71. The second-order valence-electron chi connectivity index (χ2n) is 12.3. The van der Waals surface area contributed by atoms with Crippen molar-refractivity contribution in [3.05, 3.63) is 58.9 Å². The fourth-order valence-electron chi connectivity index (χ4n) is 5.33. The number of nitrogens with zero attached hydrogens (tertiary/aromatic N) is 6. The standard InChI is InChI=1S/C30H41N9O4S/c1-19-8-9-20(28(40)32-22-15-21(30(2,3)4)16-23(27(22)43-6)35-44(7,41)42)14-26(19)39-18-25(34-36-39)24-17-37(5)29(33-24)38-12-10-31-11-13-38/h8-9,14-17,25,31,35H,10-13,18H2,1-7H3,(H,32,40). The van der Waals surface area contributed by atoms with Gasteiger partial charge in [0.1, 0.15) is 6.04 Å². The Balaban J connectivity index is 1.38. The van der Waals surface area contributed by atoms with Crippen LogP contribution >= 0.6 is 0 Å². The summed E-state index contributed by atoms with van der Waals surface area (Å²) >= 11 is 0. The number of aryl methyl sites for hydroxylation is 2. The van der Waals surface area contributed by atoms with Crippen LogP contribution in [-0.2, 0) is 22.5 Å². The molecular formula is C30H41N9O4S. The van der Waals surface area contributed by atoms with Gasteiger partial charge in [0.05, 0.1) is 42.7 Å². The summed E-state index contributed by atoms with van der Waals surface area (Å²) in [6.45, 7) is 12.1. The van der Waals surface area contributed by atoms with Crippen LogP contribution in [0.4, 0.5) is 23.0 Å². The van der Waals surface area contributed by atoms with Crippen molar-refractivity contribution in [3.8, 4) is 5.75 Å². The summed E-state index contributed by atoms with van der Waals surface area (Å²) in [6, 6.07) is 8.69. The Kier molecular flexibility index (Phi) is 8.58. The number of amides is 1. The third kappa shape index (κ3) is 6.81. The smallest absolute Gasteiger partial charge is 0.255 e. The predicted octanol–water partition coefficient (Wildman–Crippen LogP) is 4.00. The van der Waals surface area contributed by atoms with Crippen LogP contribution in [0.2, 0.25) is 0 Å². The summed E-state index contributed by atoms with van der Waals surface area (Å²) in [5.74, 6) is 0.765. The highest BCUT2D eigenvalue weighted by Gasteiger charge is 2.28.